The van der Waals surface area contributed by atoms with Crippen molar-refractivity contribution in [3.8, 4) is 0 Å². The molecule has 1 N–H and O–H groups in total. The minimum absolute atomic E-state index is 0.350. The fourth-order valence-corrected chi connectivity index (χ4v) is 2.30. The molecule has 0 aliphatic carbocycles. The lowest BCUT2D eigenvalue weighted by Crippen LogP contribution is -2.32. The van der Waals surface area contributed by atoms with Crippen LogP contribution in [0.3, 0.4) is 0 Å². The number of ether oxygens (including phenoxy) is 1. The van der Waals surface area contributed by atoms with Crippen LogP contribution in [0.15, 0.2) is 24.3 Å². The number of nitrogens with one attached hydrogen (secondary N) is 1. The van der Waals surface area contributed by atoms with Crippen LogP contribution in [0.5, 0.6) is 0 Å². The highest BCUT2D eigenvalue weighted by molar-refractivity contribution is 5.23. The number of hydrogen-bond donors (Lipinski definition) is 1. The Morgan fingerprint density at radius 3 is 2.68 bits per heavy atom. The van der Waals surface area contributed by atoms with Gasteiger partial charge in [-0.25, -0.2) is 0 Å². The molecule has 0 aliphatic rings. The van der Waals surface area contributed by atoms with Crippen LogP contribution in [-0.2, 0) is 11.2 Å². The molecule has 2 atom stereocenters. The van der Waals surface area contributed by atoms with Crippen LogP contribution in [0, 0.1) is 6.92 Å². The molecule has 2 heteroatoms. The van der Waals surface area contributed by atoms with E-state index in [0.29, 0.717) is 12.1 Å². The molecule has 0 radical (unpaired) electrons. The van der Waals surface area contributed by atoms with Gasteiger partial charge in [-0.2, -0.15) is 0 Å². The van der Waals surface area contributed by atoms with Gasteiger partial charge in [0.15, 0.2) is 0 Å². The summed E-state index contributed by atoms with van der Waals surface area (Å²) in [5.41, 5.74) is 2.77. The van der Waals surface area contributed by atoms with Crippen molar-refractivity contribution < 1.29 is 4.74 Å². The first-order valence-electron chi connectivity index (χ1n) is 7.47. The number of benzene rings is 1. The van der Waals surface area contributed by atoms with Gasteiger partial charge < -0.3 is 10.1 Å². The molecule has 108 valence electrons. The van der Waals surface area contributed by atoms with Gasteiger partial charge in [0.2, 0.25) is 0 Å². The highest BCUT2D eigenvalue weighted by Crippen LogP contribution is 2.12. The first-order chi connectivity index (χ1) is 9.15. The van der Waals surface area contributed by atoms with E-state index < -0.39 is 0 Å². The number of aryl methyl sites for hydroxylation is 1. The molecule has 0 bridgehead atoms. The van der Waals surface area contributed by atoms with Gasteiger partial charge in [-0.05, 0) is 51.6 Å². The predicted molar refractivity (Wildman–Crippen MR) is 82.7 cm³/mol. The summed E-state index contributed by atoms with van der Waals surface area (Å²) >= 11 is 0. The topological polar surface area (TPSA) is 21.3 Å². The molecule has 0 saturated carbocycles. The highest BCUT2D eigenvalue weighted by Gasteiger charge is 2.11. The number of methoxy groups -OCH3 is 1. The molecule has 1 aromatic carbocycles. The summed E-state index contributed by atoms with van der Waals surface area (Å²) in [6.07, 6.45) is 4.93. The van der Waals surface area contributed by atoms with Crippen molar-refractivity contribution in [1.82, 2.24) is 5.32 Å². The maximum atomic E-state index is 5.35. The average Bonchev–Trinajstić information content (AvgIpc) is 2.41. The molecule has 2 unspecified atom stereocenters. The third-order valence-electron chi connectivity index (χ3n) is 3.57. The predicted octanol–water partition coefficient (Wildman–Crippen LogP) is 3.72. The van der Waals surface area contributed by atoms with Crippen LogP contribution in [-0.4, -0.2) is 25.8 Å². The Balaban J connectivity index is 2.53. The van der Waals surface area contributed by atoms with Gasteiger partial charge in [0.05, 0.1) is 6.10 Å². The van der Waals surface area contributed by atoms with Crippen molar-refractivity contribution in [2.45, 2.75) is 58.6 Å². The summed E-state index contributed by atoms with van der Waals surface area (Å²) in [7, 11) is 1.79. The molecule has 1 aromatic rings. The van der Waals surface area contributed by atoms with E-state index in [0.717, 1.165) is 19.4 Å². The van der Waals surface area contributed by atoms with Gasteiger partial charge in [-0.3, -0.25) is 0 Å². The molecule has 0 heterocycles. The lowest BCUT2D eigenvalue weighted by Gasteiger charge is -2.20. The Kier molecular flexibility index (Phi) is 7.76. The molecule has 0 fully saturated rings. The van der Waals surface area contributed by atoms with E-state index in [1.165, 1.54) is 24.0 Å². The third kappa shape index (κ3) is 6.74. The van der Waals surface area contributed by atoms with Crippen LogP contribution >= 0.6 is 0 Å². The van der Waals surface area contributed by atoms with Crippen molar-refractivity contribution in [3.05, 3.63) is 35.4 Å². The zero-order valence-electron chi connectivity index (χ0n) is 12.9. The molecular weight excluding hydrogens is 234 g/mol. The van der Waals surface area contributed by atoms with Gasteiger partial charge in [-0.15, -0.1) is 0 Å². The number of hydrogen-bond acceptors (Lipinski definition) is 2. The zero-order chi connectivity index (χ0) is 14.1. The quantitative estimate of drug-likeness (QED) is 0.733. The first kappa shape index (κ1) is 16.2. The second-order valence-corrected chi connectivity index (χ2v) is 5.47. The molecule has 1 rings (SSSR count). The van der Waals surface area contributed by atoms with Gasteiger partial charge in [0.1, 0.15) is 0 Å². The first-order valence-corrected chi connectivity index (χ1v) is 7.47. The molecule has 0 saturated heterocycles. The Morgan fingerprint density at radius 2 is 2.05 bits per heavy atom. The molecular formula is C17H29NO. The van der Waals surface area contributed by atoms with E-state index >= 15 is 0 Å². The summed E-state index contributed by atoms with van der Waals surface area (Å²) in [5.74, 6) is 0. The van der Waals surface area contributed by atoms with E-state index in [-0.39, 0.29) is 0 Å². The van der Waals surface area contributed by atoms with Crippen LogP contribution in [0.25, 0.3) is 0 Å². The van der Waals surface area contributed by atoms with Gasteiger partial charge in [0.25, 0.3) is 0 Å². The SMILES string of the molecule is CCCNC(CCC(C)OC)Cc1cccc(C)c1. The van der Waals surface area contributed by atoms with Crippen LogP contribution in [0.2, 0.25) is 0 Å². The van der Waals surface area contributed by atoms with E-state index in [9.17, 15) is 0 Å². The smallest absolute Gasteiger partial charge is 0.0543 e. The third-order valence-corrected chi connectivity index (χ3v) is 3.57. The van der Waals surface area contributed by atoms with E-state index in [1.807, 2.05) is 0 Å². The summed E-state index contributed by atoms with van der Waals surface area (Å²) < 4.78 is 5.35. The molecule has 0 spiro atoms. The van der Waals surface area contributed by atoms with Gasteiger partial charge in [-0.1, -0.05) is 36.8 Å². The molecule has 19 heavy (non-hydrogen) atoms. The van der Waals surface area contributed by atoms with Crippen molar-refractivity contribution in [1.29, 1.82) is 0 Å². The Hall–Kier alpha value is -0.860. The fraction of sp³-hybridized carbons (Fsp3) is 0.647. The molecule has 0 amide bonds. The summed E-state index contributed by atoms with van der Waals surface area (Å²) in [6, 6.07) is 9.39. The summed E-state index contributed by atoms with van der Waals surface area (Å²) in [4.78, 5) is 0. The summed E-state index contributed by atoms with van der Waals surface area (Å²) in [5, 5.41) is 3.66. The van der Waals surface area contributed by atoms with E-state index in [2.05, 4.69) is 50.4 Å². The van der Waals surface area contributed by atoms with Crippen molar-refractivity contribution in [3.63, 3.8) is 0 Å². The maximum Gasteiger partial charge on any atom is 0.0543 e. The zero-order valence-corrected chi connectivity index (χ0v) is 12.9. The standard InChI is InChI=1S/C17H29NO/c1-5-11-18-17(10-9-15(3)19-4)13-16-8-6-7-14(2)12-16/h6-8,12,15,17-18H,5,9-11,13H2,1-4H3. The van der Waals surface area contributed by atoms with Gasteiger partial charge in [0, 0.05) is 13.2 Å². The maximum absolute atomic E-state index is 5.35. The Bertz CT molecular complexity index is 351. The molecule has 2 nitrogen and oxygen atoms in total. The minimum atomic E-state index is 0.350. The fourth-order valence-electron chi connectivity index (χ4n) is 2.30. The van der Waals surface area contributed by atoms with Gasteiger partial charge >= 0.3 is 0 Å². The molecule has 0 aromatic heterocycles. The Morgan fingerprint density at radius 1 is 1.26 bits per heavy atom. The summed E-state index contributed by atoms with van der Waals surface area (Å²) in [6.45, 7) is 7.61. The highest BCUT2D eigenvalue weighted by atomic mass is 16.5. The lowest BCUT2D eigenvalue weighted by atomic mass is 9.99. The van der Waals surface area contributed by atoms with Crippen LogP contribution in [0.4, 0.5) is 0 Å². The second-order valence-electron chi connectivity index (χ2n) is 5.47. The minimum Gasteiger partial charge on any atom is -0.382 e. The van der Waals surface area contributed by atoms with E-state index in [1.54, 1.807) is 7.11 Å². The van der Waals surface area contributed by atoms with Crippen LogP contribution < -0.4 is 5.32 Å². The van der Waals surface area contributed by atoms with Crippen LogP contribution in [0.1, 0.15) is 44.2 Å². The largest absolute Gasteiger partial charge is 0.382 e. The lowest BCUT2D eigenvalue weighted by molar-refractivity contribution is 0.106. The second kappa shape index (κ2) is 9.11. The van der Waals surface area contributed by atoms with Crippen molar-refractivity contribution >= 4 is 0 Å². The monoisotopic (exact) mass is 263 g/mol. The van der Waals surface area contributed by atoms with Crippen molar-refractivity contribution in [2.24, 2.45) is 0 Å². The average molecular weight is 263 g/mol. The molecule has 0 aliphatic heterocycles. The number of rotatable bonds is 9. The Labute approximate surface area is 118 Å². The van der Waals surface area contributed by atoms with E-state index in [4.69, 9.17) is 4.74 Å². The van der Waals surface area contributed by atoms with Crippen molar-refractivity contribution in [2.75, 3.05) is 13.7 Å². The normalized spacial score (nSPS) is 14.3.